The number of rotatable bonds is 3. The third-order valence-electron chi connectivity index (χ3n) is 4.40. The predicted octanol–water partition coefficient (Wildman–Crippen LogP) is 3.55. The van der Waals surface area contributed by atoms with Gasteiger partial charge in [0.1, 0.15) is 11.4 Å². The van der Waals surface area contributed by atoms with Crippen LogP contribution in [-0.4, -0.2) is 15.5 Å². The summed E-state index contributed by atoms with van der Waals surface area (Å²) in [6, 6.07) is 5.41. The van der Waals surface area contributed by atoms with Gasteiger partial charge in [0.15, 0.2) is 0 Å². The van der Waals surface area contributed by atoms with Gasteiger partial charge in [-0.3, -0.25) is 14.2 Å². The van der Waals surface area contributed by atoms with Gasteiger partial charge >= 0.3 is 0 Å². The van der Waals surface area contributed by atoms with Crippen LogP contribution in [0.25, 0.3) is 10.2 Å². The average Bonchev–Trinajstić information content (AvgIpc) is 3.13. The van der Waals surface area contributed by atoms with Crippen molar-refractivity contribution < 1.29 is 4.79 Å². The molecule has 1 aliphatic carbocycles. The Bertz CT molecular complexity index is 1050. The summed E-state index contributed by atoms with van der Waals surface area (Å²) in [7, 11) is 0. The minimum absolute atomic E-state index is 0.0867. The minimum Gasteiger partial charge on any atom is -0.323 e. The van der Waals surface area contributed by atoms with Crippen LogP contribution in [0.2, 0.25) is 5.02 Å². The zero-order chi connectivity index (χ0) is 17.6. The Balaban J connectivity index is 1.61. The Hall–Kier alpha value is -2.18. The lowest BCUT2D eigenvalue weighted by molar-refractivity contribution is -0.116. The molecule has 2 heterocycles. The summed E-state index contributed by atoms with van der Waals surface area (Å²) >= 11 is 7.73. The predicted molar refractivity (Wildman–Crippen MR) is 101 cm³/mol. The molecular formula is C18H16ClN3O2S. The van der Waals surface area contributed by atoms with Gasteiger partial charge in [0.05, 0.1) is 22.4 Å². The number of thiophene rings is 1. The van der Waals surface area contributed by atoms with Gasteiger partial charge in [-0.1, -0.05) is 17.7 Å². The van der Waals surface area contributed by atoms with Crippen LogP contribution < -0.4 is 10.9 Å². The number of carbonyl (C=O) groups excluding carboxylic acids is 1. The van der Waals surface area contributed by atoms with E-state index in [1.807, 2.05) is 13.0 Å². The van der Waals surface area contributed by atoms with Crippen LogP contribution in [0.3, 0.4) is 0 Å². The van der Waals surface area contributed by atoms with E-state index in [4.69, 9.17) is 11.6 Å². The van der Waals surface area contributed by atoms with Crippen LogP contribution in [-0.2, 0) is 24.2 Å². The van der Waals surface area contributed by atoms with E-state index in [1.54, 1.807) is 23.5 Å². The smallest absolute Gasteiger partial charge is 0.262 e. The van der Waals surface area contributed by atoms with E-state index in [0.717, 1.165) is 35.2 Å². The molecule has 0 saturated carbocycles. The number of carbonyl (C=O) groups is 1. The van der Waals surface area contributed by atoms with Crippen molar-refractivity contribution in [1.29, 1.82) is 0 Å². The number of hydrogen-bond donors (Lipinski definition) is 1. The molecule has 128 valence electrons. The molecule has 0 fully saturated rings. The second kappa shape index (κ2) is 6.28. The number of nitrogens with zero attached hydrogens (tertiary/aromatic N) is 2. The molecular weight excluding hydrogens is 358 g/mol. The third-order valence-corrected chi connectivity index (χ3v) is 5.92. The van der Waals surface area contributed by atoms with Crippen molar-refractivity contribution in [2.75, 3.05) is 5.32 Å². The highest BCUT2D eigenvalue weighted by Crippen LogP contribution is 2.34. The highest BCUT2D eigenvalue weighted by Gasteiger charge is 2.21. The molecule has 2 aromatic heterocycles. The normalized spacial score (nSPS) is 13.2. The van der Waals surface area contributed by atoms with Crippen LogP contribution in [0.15, 0.2) is 29.3 Å². The highest BCUT2D eigenvalue weighted by atomic mass is 35.5. The van der Waals surface area contributed by atoms with Gasteiger partial charge in [-0.2, -0.15) is 0 Å². The van der Waals surface area contributed by atoms with Gasteiger partial charge in [0.2, 0.25) is 5.91 Å². The Morgan fingerprint density at radius 3 is 3.04 bits per heavy atom. The van der Waals surface area contributed by atoms with Crippen molar-refractivity contribution in [3.05, 3.63) is 55.9 Å². The number of anilines is 1. The van der Waals surface area contributed by atoms with Gasteiger partial charge in [-0.15, -0.1) is 11.3 Å². The number of hydrogen-bond acceptors (Lipinski definition) is 4. The van der Waals surface area contributed by atoms with Crippen LogP contribution in [0.4, 0.5) is 5.69 Å². The summed E-state index contributed by atoms with van der Waals surface area (Å²) in [4.78, 5) is 31.5. The number of halogens is 1. The van der Waals surface area contributed by atoms with Crippen molar-refractivity contribution in [3.8, 4) is 0 Å². The highest BCUT2D eigenvalue weighted by molar-refractivity contribution is 7.18. The molecule has 1 N–H and O–H groups in total. The molecule has 3 aromatic rings. The molecule has 0 radical (unpaired) electrons. The van der Waals surface area contributed by atoms with Crippen molar-refractivity contribution >= 4 is 44.7 Å². The van der Waals surface area contributed by atoms with E-state index in [1.165, 1.54) is 15.8 Å². The maximum absolute atomic E-state index is 12.8. The molecule has 4 rings (SSSR count). The Morgan fingerprint density at radius 2 is 2.24 bits per heavy atom. The Labute approximate surface area is 153 Å². The molecule has 0 bridgehead atoms. The first-order valence-corrected chi connectivity index (χ1v) is 9.28. The fourth-order valence-corrected chi connectivity index (χ4v) is 4.70. The average molecular weight is 374 g/mol. The molecule has 0 atom stereocenters. The second-order valence-electron chi connectivity index (χ2n) is 6.25. The lowest BCUT2D eigenvalue weighted by Crippen LogP contribution is -2.28. The summed E-state index contributed by atoms with van der Waals surface area (Å²) in [6.07, 6.45) is 4.47. The molecule has 0 aliphatic heterocycles. The number of nitrogens with one attached hydrogen (secondary N) is 1. The third kappa shape index (κ3) is 2.96. The zero-order valence-corrected chi connectivity index (χ0v) is 15.2. The maximum atomic E-state index is 12.8. The van der Waals surface area contributed by atoms with Crippen LogP contribution in [0.1, 0.15) is 22.4 Å². The number of fused-ring (bicyclic) bond motifs is 3. The number of benzene rings is 1. The Kier molecular flexibility index (Phi) is 4.09. The summed E-state index contributed by atoms with van der Waals surface area (Å²) in [6.45, 7) is 1.84. The molecule has 0 saturated heterocycles. The second-order valence-corrected chi connectivity index (χ2v) is 7.74. The van der Waals surface area contributed by atoms with Crippen molar-refractivity contribution in [2.45, 2.75) is 32.7 Å². The van der Waals surface area contributed by atoms with Crippen molar-refractivity contribution in [3.63, 3.8) is 0 Å². The monoisotopic (exact) mass is 373 g/mol. The van der Waals surface area contributed by atoms with E-state index in [9.17, 15) is 9.59 Å². The number of aryl methyl sites for hydroxylation is 3. The molecule has 25 heavy (non-hydrogen) atoms. The van der Waals surface area contributed by atoms with Gasteiger partial charge in [-0.05, 0) is 49.4 Å². The molecule has 1 aromatic carbocycles. The van der Waals surface area contributed by atoms with Crippen LogP contribution >= 0.6 is 22.9 Å². The fraction of sp³-hybridized carbons (Fsp3) is 0.278. The largest absolute Gasteiger partial charge is 0.323 e. The first-order chi connectivity index (χ1) is 12.0. The standard InChI is InChI=1S/C18H16ClN3O2S/c1-10-5-6-13(12(19)7-10)21-15(23)8-22-9-20-17-16(18(22)24)11-3-2-4-14(11)25-17/h5-7,9H,2-4,8H2,1H3,(H,21,23). The quantitative estimate of drug-likeness (QED) is 0.763. The van der Waals surface area contributed by atoms with Gasteiger partial charge in [0.25, 0.3) is 5.56 Å². The molecule has 7 heteroatoms. The Morgan fingerprint density at radius 1 is 1.40 bits per heavy atom. The topological polar surface area (TPSA) is 64.0 Å². The maximum Gasteiger partial charge on any atom is 0.262 e. The van der Waals surface area contributed by atoms with Gasteiger partial charge < -0.3 is 5.32 Å². The molecule has 0 spiro atoms. The number of amides is 1. The number of aromatic nitrogens is 2. The van der Waals surface area contributed by atoms with Crippen molar-refractivity contribution in [2.24, 2.45) is 0 Å². The molecule has 1 aliphatic rings. The van der Waals surface area contributed by atoms with Crippen LogP contribution in [0.5, 0.6) is 0 Å². The first-order valence-electron chi connectivity index (χ1n) is 8.08. The van der Waals surface area contributed by atoms with Crippen molar-refractivity contribution in [1.82, 2.24) is 9.55 Å². The molecule has 1 amide bonds. The van der Waals surface area contributed by atoms with Crippen LogP contribution in [0, 0.1) is 6.92 Å². The summed E-state index contributed by atoms with van der Waals surface area (Å²) in [5.74, 6) is -0.305. The van der Waals surface area contributed by atoms with E-state index < -0.39 is 0 Å². The zero-order valence-electron chi connectivity index (χ0n) is 13.6. The van der Waals surface area contributed by atoms with E-state index >= 15 is 0 Å². The molecule has 0 unspecified atom stereocenters. The molecule has 5 nitrogen and oxygen atoms in total. The summed E-state index contributed by atoms with van der Waals surface area (Å²) in [5.41, 5.74) is 2.53. The van der Waals surface area contributed by atoms with E-state index in [-0.39, 0.29) is 18.0 Å². The lowest BCUT2D eigenvalue weighted by atomic mass is 10.2. The van der Waals surface area contributed by atoms with Gasteiger partial charge in [0, 0.05) is 4.88 Å². The SMILES string of the molecule is Cc1ccc(NC(=O)Cn2cnc3sc4c(c3c2=O)CCC4)c(Cl)c1. The summed E-state index contributed by atoms with van der Waals surface area (Å²) < 4.78 is 1.37. The van der Waals surface area contributed by atoms with E-state index in [2.05, 4.69) is 10.3 Å². The fourth-order valence-electron chi connectivity index (χ4n) is 3.20. The van der Waals surface area contributed by atoms with E-state index in [0.29, 0.717) is 16.1 Å². The minimum atomic E-state index is -0.305. The van der Waals surface area contributed by atoms with Gasteiger partial charge in [-0.25, -0.2) is 4.98 Å². The summed E-state index contributed by atoms with van der Waals surface area (Å²) in [5, 5.41) is 3.91. The lowest BCUT2D eigenvalue weighted by Gasteiger charge is -2.09. The first kappa shape index (κ1) is 16.3.